The predicted molar refractivity (Wildman–Crippen MR) is 83.6 cm³/mol. The summed E-state index contributed by atoms with van der Waals surface area (Å²) in [5.41, 5.74) is 6.82. The van der Waals surface area contributed by atoms with Gasteiger partial charge in [-0.05, 0) is 36.6 Å². The Hall–Kier alpha value is -1.40. The molecule has 0 spiro atoms. The van der Waals surface area contributed by atoms with Gasteiger partial charge in [-0.15, -0.1) is 11.3 Å². The van der Waals surface area contributed by atoms with Crippen molar-refractivity contribution in [3.63, 3.8) is 0 Å². The normalized spacial score (nSPS) is 25.4. The van der Waals surface area contributed by atoms with Crippen LogP contribution in [0.5, 0.6) is 0 Å². The van der Waals surface area contributed by atoms with Gasteiger partial charge in [0.05, 0.1) is 18.3 Å². The summed E-state index contributed by atoms with van der Waals surface area (Å²) in [6.07, 6.45) is 3.42. The number of ether oxygens (including phenoxy) is 1. The third-order valence-corrected chi connectivity index (χ3v) is 5.15. The van der Waals surface area contributed by atoms with Crippen LogP contribution in [-0.4, -0.2) is 24.5 Å². The highest BCUT2D eigenvalue weighted by Gasteiger charge is 2.38. The van der Waals surface area contributed by atoms with E-state index in [0.717, 1.165) is 18.4 Å². The molecule has 2 atom stereocenters. The fourth-order valence-corrected chi connectivity index (χ4v) is 3.80. The Balaban J connectivity index is 2.20. The van der Waals surface area contributed by atoms with E-state index in [-0.39, 0.29) is 5.91 Å². The fourth-order valence-electron chi connectivity index (χ4n) is 2.88. The number of esters is 1. The van der Waals surface area contributed by atoms with Crippen LogP contribution in [0.1, 0.15) is 47.8 Å². The molecule has 0 saturated heterocycles. The number of anilines is 1. The molecular formula is C15H22N2O3S. The van der Waals surface area contributed by atoms with E-state index in [1.54, 1.807) is 0 Å². The molecule has 1 aliphatic rings. The quantitative estimate of drug-likeness (QED) is 0.841. The highest BCUT2D eigenvalue weighted by atomic mass is 32.1. The number of hydrogen-bond donors (Lipinski definition) is 2. The van der Waals surface area contributed by atoms with E-state index in [2.05, 4.69) is 12.2 Å². The van der Waals surface area contributed by atoms with Gasteiger partial charge in [0.1, 0.15) is 4.88 Å². The summed E-state index contributed by atoms with van der Waals surface area (Å²) < 4.78 is 4.75. The van der Waals surface area contributed by atoms with Crippen molar-refractivity contribution >= 4 is 28.9 Å². The summed E-state index contributed by atoms with van der Waals surface area (Å²) in [6, 6.07) is 0. The number of rotatable bonds is 3. The van der Waals surface area contributed by atoms with Gasteiger partial charge < -0.3 is 15.8 Å². The summed E-state index contributed by atoms with van der Waals surface area (Å²) in [6.45, 7) is 3.97. The lowest BCUT2D eigenvalue weighted by Crippen LogP contribution is -2.53. The number of thiophene rings is 1. The smallest absolute Gasteiger partial charge is 0.350 e. The lowest BCUT2D eigenvalue weighted by molar-refractivity contribution is -0.122. The van der Waals surface area contributed by atoms with Crippen LogP contribution in [0, 0.1) is 12.8 Å². The number of carbonyl (C=O) groups is 2. The minimum Gasteiger partial charge on any atom is -0.465 e. The Morgan fingerprint density at radius 2 is 2.24 bits per heavy atom. The number of hydrogen-bond acceptors (Lipinski definition) is 5. The maximum absolute atomic E-state index is 12.6. The SMILES string of the molecule is COC(=O)c1scc(C)c1NC(=O)C1(N)CCCC(C)C1. The molecule has 5 nitrogen and oxygen atoms in total. The van der Waals surface area contributed by atoms with E-state index < -0.39 is 11.5 Å². The standard InChI is InChI=1S/C15H22N2O3S/c1-9-5-4-6-15(16,7-9)14(19)17-11-10(2)8-21-12(11)13(18)20-3/h8-9H,4-7,16H2,1-3H3,(H,17,19). The van der Waals surface area contributed by atoms with Crippen LogP contribution in [0.15, 0.2) is 5.38 Å². The Labute approximate surface area is 128 Å². The number of amides is 1. The molecule has 0 bridgehead atoms. The van der Waals surface area contributed by atoms with Crippen molar-refractivity contribution in [2.45, 2.75) is 45.1 Å². The second-order valence-corrected chi connectivity index (χ2v) is 6.81. The molecule has 1 heterocycles. The Morgan fingerprint density at radius 3 is 2.86 bits per heavy atom. The molecule has 21 heavy (non-hydrogen) atoms. The molecule has 0 aromatic carbocycles. The average Bonchev–Trinajstić information content (AvgIpc) is 2.79. The van der Waals surface area contributed by atoms with Crippen molar-refractivity contribution in [1.82, 2.24) is 0 Å². The molecule has 6 heteroatoms. The van der Waals surface area contributed by atoms with Crippen LogP contribution in [0.4, 0.5) is 5.69 Å². The number of nitrogens with one attached hydrogen (secondary N) is 1. The monoisotopic (exact) mass is 310 g/mol. The van der Waals surface area contributed by atoms with E-state index in [4.69, 9.17) is 10.5 Å². The van der Waals surface area contributed by atoms with Gasteiger partial charge in [0.2, 0.25) is 5.91 Å². The first-order valence-corrected chi connectivity index (χ1v) is 8.02. The van der Waals surface area contributed by atoms with Gasteiger partial charge >= 0.3 is 5.97 Å². The molecule has 116 valence electrons. The predicted octanol–water partition coefficient (Wildman–Crippen LogP) is 2.69. The van der Waals surface area contributed by atoms with Crippen LogP contribution < -0.4 is 11.1 Å². The Bertz CT molecular complexity index is 555. The maximum atomic E-state index is 12.6. The molecular weight excluding hydrogens is 288 g/mol. The first-order chi connectivity index (χ1) is 9.87. The minimum absolute atomic E-state index is 0.208. The molecule has 1 fully saturated rings. The number of methoxy groups -OCH3 is 1. The number of aryl methyl sites for hydroxylation is 1. The van der Waals surface area contributed by atoms with Crippen molar-refractivity contribution in [3.8, 4) is 0 Å². The van der Waals surface area contributed by atoms with Crippen LogP contribution >= 0.6 is 11.3 Å². The second-order valence-electron chi connectivity index (χ2n) is 5.93. The highest BCUT2D eigenvalue weighted by Crippen LogP contribution is 2.33. The van der Waals surface area contributed by atoms with Gasteiger partial charge in [-0.2, -0.15) is 0 Å². The summed E-state index contributed by atoms with van der Waals surface area (Å²) >= 11 is 1.27. The van der Waals surface area contributed by atoms with E-state index in [1.807, 2.05) is 12.3 Å². The molecule has 0 radical (unpaired) electrons. The van der Waals surface area contributed by atoms with Crippen LogP contribution in [0.2, 0.25) is 0 Å². The van der Waals surface area contributed by atoms with Crippen LogP contribution in [0.3, 0.4) is 0 Å². The van der Waals surface area contributed by atoms with E-state index in [1.165, 1.54) is 18.4 Å². The highest BCUT2D eigenvalue weighted by molar-refractivity contribution is 7.12. The molecule has 2 rings (SSSR count). The van der Waals surface area contributed by atoms with E-state index in [0.29, 0.717) is 29.3 Å². The first kappa shape index (κ1) is 16.0. The largest absolute Gasteiger partial charge is 0.465 e. The third-order valence-electron chi connectivity index (χ3n) is 4.07. The van der Waals surface area contributed by atoms with E-state index in [9.17, 15) is 9.59 Å². The summed E-state index contributed by atoms with van der Waals surface area (Å²) in [5.74, 6) is -0.203. The van der Waals surface area contributed by atoms with Crippen molar-refractivity contribution in [2.24, 2.45) is 11.7 Å². The fraction of sp³-hybridized carbons (Fsp3) is 0.600. The average molecular weight is 310 g/mol. The van der Waals surface area contributed by atoms with Gasteiger partial charge in [-0.3, -0.25) is 4.79 Å². The molecule has 0 aliphatic heterocycles. The summed E-state index contributed by atoms with van der Waals surface area (Å²) in [5, 5.41) is 4.68. The number of nitrogens with two attached hydrogens (primary N) is 1. The van der Waals surface area contributed by atoms with Crippen molar-refractivity contribution in [1.29, 1.82) is 0 Å². The molecule has 1 saturated carbocycles. The topological polar surface area (TPSA) is 81.4 Å². The molecule has 1 aliphatic carbocycles. The van der Waals surface area contributed by atoms with Crippen LogP contribution in [-0.2, 0) is 9.53 Å². The zero-order valence-corrected chi connectivity index (χ0v) is 13.5. The zero-order chi connectivity index (χ0) is 15.6. The lowest BCUT2D eigenvalue weighted by atomic mass is 9.76. The molecule has 3 N–H and O–H groups in total. The second kappa shape index (κ2) is 6.15. The van der Waals surface area contributed by atoms with Gasteiger partial charge in [-0.25, -0.2) is 4.79 Å². The van der Waals surface area contributed by atoms with Gasteiger partial charge in [0.25, 0.3) is 0 Å². The van der Waals surface area contributed by atoms with Gasteiger partial charge in [0.15, 0.2) is 0 Å². The van der Waals surface area contributed by atoms with Crippen molar-refractivity contribution in [3.05, 3.63) is 15.8 Å². The first-order valence-electron chi connectivity index (χ1n) is 7.14. The molecule has 1 aromatic rings. The minimum atomic E-state index is -0.848. The maximum Gasteiger partial charge on any atom is 0.350 e. The van der Waals surface area contributed by atoms with Gasteiger partial charge in [0, 0.05) is 0 Å². The van der Waals surface area contributed by atoms with Gasteiger partial charge in [-0.1, -0.05) is 19.8 Å². The number of carbonyl (C=O) groups excluding carboxylic acids is 2. The summed E-state index contributed by atoms with van der Waals surface area (Å²) in [7, 11) is 1.33. The third kappa shape index (κ3) is 3.27. The van der Waals surface area contributed by atoms with Crippen LogP contribution in [0.25, 0.3) is 0 Å². The molecule has 2 unspecified atom stereocenters. The molecule has 1 amide bonds. The summed E-state index contributed by atoms with van der Waals surface area (Å²) in [4.78, 5) is 24.7. The van der Waals surface area contributed by atoms with Crippen molar-refractivity contribution in [2.75, 3.05) is 12.4 Å². The lowest BCUT2D eigenvalue weighted by Gasteiger charge is -2.35. The molecule has 1 aromatic heterocycles. The Morgan fingerprint density at radius 1 is 1.52 bits per heavy atom. The van der Waals surface area contributed by atoms with E-state index >= 15 is 0 Å². The Kier molecular flexibility index (Phi) is 4.68. The van der Waals surface area contributed by atoms with Crippen molar-refractivity contribution < 1.29 is 14.3 Å². The zero-order valence-electron chi connectivity index (χ0n) is 12.7.